The lowest BCUT2D eigenvalue weighted by Crippen LogP contribution is -2.61. The van der Waals surface area contributed by atoms with Crippen LogP contribution < -0.4 is 0 Å². The van der Waals surface area contributed by atoms with E-state index in [1.54, 1.807) is 48.5 Å². The summed E-state index contributed by atoms with van der Waals surface area (Å²) in [6.07, 6.45) is -8.73. The molecule has 0 radical (unpaired) electrons. The molecular formula is C38H69NO13. The highest BCUT2D eigenvalue weighted by Gasteiger charge is 2.54. The normalized spacial score (nSPS) is 49.0. The summed E-state index contributed by atoms with van der Waals surface area (Å²) in [5, 5.41) is 45.6. The van der Waals surface area contributed by atoms with E-state index in [-0.39, 0.29) is 37.2 Å². The molecule has 0 bridgehead atoms. The fourth-order valence-electron chi connectivity index (χ4n) is 8.58. The average Bonchev–Trinajstić information content (AvgIpc) is 3.09. The Bertz CT molecular complexity index is 1190. The van der Waals surface area contributed by atoms with Gasteiger partial charge in [0, 0.05) is 44.4 Å². The number of Topliss-reactive ketones (excluding diaryl/α,β-unsaturated/α-hetero) is 1. The molecule has 52 heavy (non-hydrogen) atoms. The van der Waals surface area contributed by atoms with Crippen molar-refractivity contribution in [2.45, 2.75) is 179 Å². The van der Waals surface area contributed by atoms with Crippen LogP contribution in [0.5, 0.6) is 0 Å². The van der Waals surface area contributed by atoms with Gasteiger partial charge in [-0.05, 0) is 74.9 Å². The molecule has 3 heterocycles. The number of rotatable bonds is 8. The molecular weight excluding hydrogens is 678 g/mol. The topological polar surface area (TPSA) is 183 Å². The summed E-state index contributed by atoms with van der Waals surface area (Å²) in [6.45, 7) is 17.1. The first-order valence-corrected chi connectivity index (χ1v) is 18.9. The van der Waals surface area contributed by atoms with Gasteiger partial charge in [-0.25, -0.2) is 0 Å². The summed E-state index contributed by atoms with van der Waals surface area (Å²) in [4.78, 5) is 30.1. The molecule has 3 fully saturated rings. The maximum Gasteiger partial charge on any atom is 0.311 e. The summed E-state index contributed by atoms with van der Waals surface area (Å²) in [5.41, 5.74) is -4.24. The number of likely N-dealkylation sites (N-methyl/N-ethyl adjacent to an activating group) is 1. The molecule has 3 aliphatic rings. The SMILES string of the molecule is CC[C@H]1OC(=O)[C@H](C)C(OC2C[C@@](C)(OC)C(O)[C@H](C)O2)[C@H](C)C(OC2O[C@H](C)CC(N(C)C)C2O)[C@@](C)(OC)CC(C)C(=O)C(C)C(O)C1(C)O. The summed E-state index contributed by atoms with van der Waals surface area (Å²) in [5.74, 6) is -4.47. The van der Waals surface area contributed by atoms with Crippen molar-refractivity contribution >= 4 is 11.8 Å². The highest BCUT2D eigenvalue weighted by atomic mass is 16.7. The van der Waals surface area contributed by atoms with Gasteiger partial charge in [0.2, 0.25) is 0 Å². The number of esters is 1. The van der Waals surface area contributed by atoms with E-state index in [1.165, 1.54) is 21.1 Å². The number of hydrogen-bond donors (Lipinski definition) is 4. The molecule has 0 aromatic heterocycles. The van der Waals surface area contributed by atoms with Crippen molar-refractivity contribution in [1.29, 1.82) is 0 Å². The molecule has 0 spiro atoms. The highest BCUT2D eigenvalue weighted by Crippen LogP contribution is 2.41. The Labute approximate surface area is 310 Å². The van der Waals surface area contributed by atoms with Gasteiger partial charge in [0.15, 0.2) is 12.6 Å². The van der Waals surface area contributed by atoms with E-state index >= 15 is 0 Å². The fourth-order valence-corrected chi connectivity index (χ4v) is 8.58. The number of ether oxygens (including phenoxy) is 7. The van der Waals surface area contributed by atoms with Crippen molar-refractivity contribution in [3.05, 3.63) is 0 Å². The third-order valence-corrected chi connectivity index (χ3v) is 12.3. The molecule has 14 heteroatoms. The highest BCUT2D eigenvalue weighted by molar-refractivity contribution is 5.83. The van der Waals surface area contributed by atoms with E-state index in [9.17, 15) is 30.0 Å². The Morgan fingerprint density at radius 1 is 0.846 bits per heavy atom. The first-order valence-electron chi connectivity index (χ1n) is 18.9. The van der Waals surface area contributed by atoms with Crippen LogP contribution in [0.3, 0.4) is 0 Å². The summed E-state index contributed by atoms with van der Waals surface area (Å²) in [6, 6.07) is -0.283. The monoisotopic (exact) mass is 747 g/mol. The van der Waals surface area contributed by atoms with E-state index in [0.29, 0.717) is 6.42 Å². The summed E-state index contributed by atoms with van der Waals surface area (Å²) < 4.78 is 43.9. The summed E-state index contributed by atoms with van der Waals surface area (Å²) in [7, 11) is 6.77. The molecule has 0 amide bonds. The van der Waals surface area contributed by atoms with Gasteiger partial charge in [0.25, 0.3) is 0 Å². The predicted octanol–water partition coefficient (Wildman–Crippen LogP) is 2.44. The minimum Gasteiger partial charge on any atom is -0.459 e. The quantitative estimate of drug-likeness (QED) is 0.266. The minimum atomic E-state index is -1.96. The maximum atomic E-state index is 14.2. The third-order valence-electron chi connectivity index (χ3n) is 12.3. The first-order chi connectivity index (χ1) is 24.0. The molecule has 3 aliphatic heterocycles. The van der Waals surface area contributed by atoms with Crippen LogP contribution in [0.2, 0.25) is 0 Å². The molecule has 3 rings (SSSR count). The number of hydrogen-bond acceptors (Lipinski definition) is 14. The van der Waals surface area contributed by atoms with Crippen LogP contribution in [0, 0.1) is 23.7 Å². The molecule has 0 aliphatic carbocycles. The molecule has 4 N–H and O–H groups in total. The number of aliphatic hydroxyl groups excluding tert-OH is 3. The van der Waals surface area contributed by atoms with Crippen LogP contribution in [-0.4, -0.2) is 150 Å². The number of ketones is 1. The number of carbonyl (C=O) groups excluding carboxylic acids is 2. The van der Waals surface area contributed by atoms with Crippen molar-refractivity contribution in [1.82, 2.24) is 4.90 Å². The number of aliphatic hydroxyl groups is 4. The zero-order chi connectivity index (χ0) is 39.7. The number of nitrogens with zero attached hydrogens (tertiary/aromatic N) is 1. The molecule has 14 nitrogen and oxygen atoms in total. The number of cyclic esters (lactones) is 1. The molecule has 3 saturated heterocycles. The lowest BCUT2D eigenvalue weighted by atomic mass is 9.74. The van der Waals surface area contributed by atoms with Gasteiger partial charge in [-0.15, -0.1) is 0 Å². The van der Waals surface area contributed by atoms with Crippen LogP contribution in [0.25, 0.3) is 0 Å². The van der Waals surface area contributed by atoms with Crippen molar-refractivity contribution < 1.29 is 63.2 Å². The summed E-state index contributed by atoms with van der Waals surface area (Å²) >= 11 is 0. The smallest absolute Gasteiger partial charge is 0.311 e. The standard InChI is InChI=1S/C38H69NO13/c1-15-26-38(10,45)31(42)21(4)28(40)19(2)17-37(9,47-14)33(52-35-29(41)25(39(11)12)16-20(3)48-35)22(5)30(23(6)34(44)50-26)51-27-18-36(8,46-13)32(43)24(7)49-27/h19-27,29-33,35,41-43,45H,15-18H2,1-14H3/t19?,20-,21?,22+,23-,24+,25?,26-,27?,29?,30?,31?,32?,33?,35?,36-,37+,38?/m1/s1. The molecule has 0 aromatic rings. The zero-order valence-corrected chi connectivity index (χ0v) is 33.9. The maximum absolute atomic E-state index is 14.2. The average molecular weight is 748 g/mol. The predicted molar refractivity (Wildman–Crippen MR) is 191 cm³/mol. The van der Waals surface area contributed by atoms with Crippen LogP contribution in [-0.2, 0) is 42.7 Å². The largest absolute Gasteiger partial charge is 0.459 e. The molecule has 0 aromatic carbocycles. The van der Waals surface area contributed by atoms with Crippen LogP contribution >= 0.6 is 0 Å². The second-order valence-electron chi connectivity index (χ2n) is 16.6. The van der Waals surface area contributed by atoms with E-state index in [1.807, 2.05) is 32.8 Å². The van der Waals surface area contributed by atoms with Gasteiger partial charge in [-0.1, -0.05) is 27.7 Å². The molecule has 18 atom stereocenters. The zero-order valence-electron chi connectivity index (χ0n) is 33.9. The first kappa shape index (κ1) is 45.1. The van der Waals surface area contributed by atoms with Crippen molar-refractivity contribution in [2.24, 2.45) is 23.7 Å². The number of carbonyl (C=O) groups is 2. The number of methoxy groups -OCH3 is 2. The van der Waals surface area contributed by atoms with E-state index < -0.39 is 102 Å². The van der Waals surface area contributed by atoms with Gasteiger partial charge < -0.3 is 58.5 Å². The van der Waals surface area contributed by atoms with Crippen LogP contribution in [0.15, 0.2) is 0 Å². The lowest BCUT2D eigenvalue weighted by molar-refractivity contribution is -0.319. The van der Waals surface area contributed by atoms with Gasteiger partial charge in [-0.3, -0.25) is 9.59 Å². The van der Waals surface area contributed by atoms with Crippen LogP contribution in [0.4, 0.5) is 0 Å². The van der Waals surface area contributed by atoms with E-state index in [2.05, 4.69) is 0 Å². The van der Waals surface area contributed by atoms with Crippen LogP contribution in [0.1, 0.15) is 94.9 Å². The second-order valence-corrected chi connectivity index (χ2v) is 16.6. The van der Waals surface area contributed by atoms with Gasteiger partial charge >= 0.3 is 5.97 Å². The third kappa shape index (κ3) is 9.38. The van der Waals surface area contributed by atoms with Crippen molar-refractivity contribution in [3.8, 4) is 0 Å². The van der Waals surface area contributed by atoms with Gasteiger partial charge in [0.05, 0.1) is 47.6 Å². The second kappa shape index (κ2) is 17.7. The van der Waals surface area contributed by atoms with Crippen molar-refractivity contribution in [2.75, 3.05) is 28.3 Å². The Morgan fingerprint density at radius 2 is 1.44 bits per heavy atom. The minimum absolute atomic E-state index is 0.111. The Hall–Kier alpha value is -1.30. The molecule has 304 valence electrons. The lowest BCUT2D eigenvalue weighted by Gasteiger charge is -2.50. The fraction of sp³-hybridized carbons (Fsp3) is 0.947. The van der Waals surface area contributed by atoms with E-state index in [4.69, 9.17) is 33.2 Å². The Kier molecular flexibility index (Phi) is 15.3. The van der Waals surface area contributed by atoms with Gasteiger partial charge in [-0.2, -0.15) is 0 Å². The Morgan fingerprint density at radius 3 is 1.98 bits per heavy atom. The van der Waals surface area contributed by atoms with Crippen molar-refractivity contribution in [3.63, 3.8) is 0 Å². The Balaban J connectivity index is 2.22. The van der Waals surface area contributed by atoms with E-state index in [0.717, 1.165) is 0 Å². The van der Waals surface area contributed by atoms with Gasteiger partial charge in [0.1, 0.15) is 29.7 Å². The molecule has 11 unspecified atom stereocenters. The molecule has 0 saturated carbocycles.